The lowest BCUT2D eigenvalue weighted by molar-refractivity contribution is 0.114. The van der Waals surface area contributed by atoms with Crippen LogP contribution in [0.2, 0.25) is 5.28 Å². The van der Waals surface area contributed by atoms with E-state index < -0.39 is 6.10 Å². The second-order valence-electron chi connectivity index (χ2n) is 4.50. The molecule has 2 rings (SSSR count). The Kier molecular flexibility index (Phi) is 4.55. The molecule has 0 radical (unpaired) electrons. The van der Waals surface area contributed by atoms with Crippen molar-refractivity contribution in [2.45, 2.75) is 32.8 Å². The Bertz CT molecular complexity index is 540. The van der Waals surface area contributed by atoms with Crippen molar-refractivity contribution in [1.29, 1.82) is 0 Å². The van der Waals surface area contributed by atoms with Gasteiger partial charge in [-0.1, -0.05) is 26.7 Å². The van der Waals surface area contributed by atoms with Gasteiger partial charge in [-0.2, -0.15) is 15.1 Å². The third kappa shape index (κ3) is 3.13. The van der Waals surface area contributed by atoms with Crippen molar-refractivity contribution in [3.05, 3.63) is 11.5 Å². The molecule has 0 saturated carbocycles. The Balaban J connectivity index is 2.11. The lowest BCUT2D eigenvalue weighted by Crippen LogP contribution is -2.28. The quantitative estimate of drug-likeness (QED) is 0.708. The number of H-pyrrole nitrogens is 1. The molecule has 19 heavy (non-hydrogen) atoms. The van der Waals surface area contributed by atoms with E-state index >= 15 is 0 Å². The second kappa shape index (κ2) is 6.16. The maximum atomic E-state index is 10.1. The van der Waals surface area contributed by atoms with Gasteiger partial charge < -0.3 is 10.4 Å². The van der Waals surface area contributed by atoms with Crippen molar-refractivity contribution < 1.29 is 5.11 Å². The Hall–Kier alpha value is -1.40. The molecule has 0 bridgehead atoms. The van der Waals surface area contributed by atoms with Crippen LogP contribution in [0.4, 0.5) is 5.82 Å². The second-order valence-corrected chi connectivity index (χ2v) is 4.84. The third-order valence-corrected chi connectivity index (χ3v) is 3.52. The van der Waals surface area contributed by atoms with Crippen LogP contribution in [-0.2, 0) is 0 Å². The molecule has 1 atom stereocenters. The van der Waals surface area contributed by atoms with Gasteiger partial charge in [-0.3, -0.25) is 5.10 Å². The molecule has 0 aliphatic heterocycles. The molecule has 0 amide bonds. The van der Waals surface area contributed by atoms with E-state index in [1.54, 1.807) is 6.20 Å². The predicted molar refractivity (Wildman–Crippen MR) is 75.3 cm³/mol. The topological polar surface area (TPSA) is 86.7 Å². The van der Waals surface area contributed by atoms with Gasteiger partial charge in [0.1, 0.15) is 5.82 Å². The highest BCUT2D eigenvalue weighted by atomic mass is 35.5. The van der Waals surface area contributed by atoms with Gasteiger partial charge in [-0.15, -0.1) is 0 Å². The Morgan fingerprint density at radius 2 is 2.11 bits per heavy atom. The first-order valence-electron chi connectivity index (χ1n) is 6.44. The third-order valence-electron chi connectivity index (χ3n) is 3.35. The standard InChI is InChI=1S/C12H18ClN5O/c1-3-7(4-2)9(19)6-14-10-8-5-15-18-11(8)17-12(13)16-10/h5,7,9,19H,3-4,6H2,1-2H3,(H2,14,15,16,17,18). The minimum atomic E-state index is -0.411. The van der Waals surface area contributed by atoms with Crippen molar-refractivity contribution in [2.75, 3.05) is 11.9 Å². The minimum absolute atomic E-state index is 0.149. The van der Waals surface area contributed by atoms with Gasteiger partial charge in [0, 0.05) is 6.54 Å². The number of nitrogens with one attached hydrogen (secondary N) is 2. The van der Waals surface area contributed by atoms with E-state index in [0.29, 0.717) is 18.0 Å². The van der Waals surface area contributed by atoms with Crippen molar-refractivity contribution >= 4 is 28.5 Å². The molecule has 0 aliphatic carbocycles. The zero-order chi connectivity index (χ0) is 13.8. The van der Waals surface area contributed by atoms with Gasteiger partial charge >= 0.3 is 0 Å². The molecule has 2 heterocycles. The Labute approximate surface area is 116 Å². The number of aromatic amines is 1. The normalized spacial score (nSPS) is 13.1. The highest BCUT2D eigenvalue weighted by Crippen LogP contribution is 2.21. The van der Waals surface area contributed by atoms with Gasteiger partial charge in [0.15, 0.2) is 5.65 Å². The van der Waals surface area contributed by atoms with Gasteiger partial charge in [0.25, 0.3) is 0 Å². The van der Waals surface area contributed by atoms with Crippen LogP contribution in [0.3, 0.4) is 0 Å². The summed E-state index contributed by atoms with van der Waals surface area (Å²) in [6.07, 6.45) is 3.12. The molecule has 2 aromatic rings. The lowest BCUT2D eigenvalue weighted by atomic mass is 9.96. The molecule has 1 unspecified atom stereocenters. The maximum absolute atomic E-state index is 10.1. The smallest absolute Gasteiger partial charge is 0.226 e. The molecule has 2 aromatic heterocycles. The lowest BCUT2D eigenvalue weighted by Gasteiger charge is -2.20. The first-order valence-corrected chi connectivity index (χ1v) is 6.82. The number of hydrogen-bond donors (Lipinski definition) is 3. The highest BCUT2D eigenvalue weighted by molar-refractivity contribution is 6.28. The van der Waals surface area contributed by atoms with Crippen LogP contribution >= 0.6 is 11.6 Å². The number of hydrogen-bond acceptors (Lipinski definition) is 5. The average molecular weight is 284 g/mol. The van der Waals surface area contributed by atoms with E-state index in [2.05, 4.69) is 39.3 Å². The number of aliphatic hydroxyl groups is 1. The summed E-state index contributed by atoms with van der Waals surface area (Å²) in [7, 11) is 0. The van der Waals surface area contributed by atoms with Crippen molar-refractivity contribution in [3.8, 4) is 0 Å². The summed E-state index contributed by atoms with van der Waals surface area (Å²) in [5, 5.41) is 20.8. The molecule has 0 fully saturated rings. The van der Waals surface area contributed by atoms with Crippen LogP contribution in [-0.4, -0.2) is 37.9 Å². The molecule has 0 aliphatic rings. The number of anilines is 1. The fourth-order valence-electron chi connectivity index (χ4n) is 2.14. The molecule has 0 aromatic carbocycles. The van der Waals surface area contributed by atoms with E-state index in [-0.39, 0.29) is 11.2 Å². The van der Waals surface area contributed by atoms with E-state index in [4.69, 9.17) is 11.6 Å². The van der Waals surface area contributed by atoms with E-state index in [9.17, 15) is 5.11 Å². The molecule has 0 saturated heterocycles. The number of aliphatic hydroxyl groups excluding tert-OH is 1. The summed E-state index contributed by atoms with van der Waals surface area (Å²) in [4.78, 5) is 8.15. The first kappa shape index (κ1) is 14.0. The number of fused-ring (bicyclic) bond motifs is 1. The maximum Gasteiger partial charge on any atom is 0.226 e. The van der Waals surface area contributed by atoms with Crippen LogP contribution in [0.25, 0.3) is 11.0 Å². The van der Waals surface area contributed by atoms with Crippen LogP contribution in [0.5, 0.6) is 0 Å². The summed E-state index contributed by atoms with van der Waals surface area (Å²) in [5.74, 6) is 0.874. The fourth-order valence-corrected chi connectivity index (χ4v) is 2.31. The number of rotatable bonds is 6. The molecule has 0 spiro atoms. The predicted octanol–water partition coefficient (Wildman–Crippen LogP) is 2.22. The van der Waals surface area contributed by atoms with Crippen LogP contribution in [0.15, 0.2) is 6.20 Å². The largest absolute Gasteiger partial charge is 0.391 e. The number of aromatic nitrogens is 4. The zero-order valence-corrected chi connectivity index (χ0v) is 11.8. The molecule has 3 N–H and O–H groups in total. The number of halogens is 1. The van der Waals surface area contributed by atoms with Gasteiger partial charge in [0.05, 0.1) is 17.7 Å². The molecule has 7 heteroatoms. The van der Waals surface area contributed by atoms with E-state index in [1.807, 2.05) is 0 Å². The zero-order valence-electron chi connectivity index (χ0n) is 11.0. The Morgan fingerprint density at radius 1 is 1.37 bits per heavy atom. The van der Waals surface area contributed by atoms with Crippen LogP contribution in [0.1, 0.15) is 26.7 Å². The molecule has 6 nitrogen and oxygen atoms in total. The van der Waals surface area contributed by atoms with E-state index in [0.717, 1.165) is 18.2 Å². The fraction of sp³-hybridized carbons (Fsp3) is 0.583. The van der Waals surface area contributed by atoms with Crippen LogP contribution in [0, 0.1) is 5.92 Å². The summed E-state index contributed by atoms with van der Waals surface area (Å²) >= 11 is 5.84. The molecular weight excluding hydrogens is 266 g/mol. The number of nitrogens with zero attached hydrogens (tertiary/aromatic N) is 3. The average Bonchev–Trinajstić information content (AvgIpc) is 2.85. The monoisotopic (exact) mass is 283 g/mol. The van der Waals surface area contributed by atoms with E-state index in [1.165, 1.54) is 0 Å². The summed E-state index contributed by atoms with van der Waals surface area (Å²) in [5.41, 5.74) is 0.583. The minimum Gasteiger partial charge on any atom is -0.391 e. The van der Waals surface area contributed by atoms with Crippen LogP contribution < -0.4 is 5.32 Å². The van der Waals surface area contributed by atoms with Crippen molar-refractivity contribution in [1.82, 2.24) is 20.2 Å². The van der Waals surface area contributed by atoms with Crippen molar-refractivity contribution in [3.63, 3.8) is 0 Å². The molecule has 104 valence electrons. The van der Waals surface area contributed by atoms with Gasteiger partial charge in [0.2, 0.25) is 5.28 Å². The first-order chi connectivity index (χ1) is 9.15. The summed E-state index contributed by atoms with van der Waals surface area (Å²) in [6.45, 7) is 4.58. The summed E-state index contributed by atoms with van der Waals surface area (Å²) < 4.78 is 0. The van der Waals surface area contributed by atoms with Gasteiger partial charge in [-0.25, -0.2) is 0 Å². The Morgan fingerprint density at radius 3 is 2.79 bits per heavy atom. The SMILES string of the molecule is CCC(CC)C(O)CNc1nc(Cl)nc2[nH]ncc12. The highest BCUT2D eigenvalue weighted by Gasteiger charge is 2.16. The summed E-state index contributed by atoms with van der Waals surface area (Å²) in [6, 6.07) is 0. The molecular formula is C12H18ClN5O. The van der Waals surface area contributed by atoms with Gasteiger partial charge in [-0.05, 0) is 17.5 Å². The van der Waals surface area contributed by atoms with Crippen molar-refractivity contribution in [2.24, 2.45) is 5.92 Å².